The Morgan fingerprint density at radius 2 is 2.25 bits per heavy atom. The van der Waals surface area contributed by atoms with Crippen molar-refractivity contribution in [1.82, 2.24) is 10.2 Å². The lowest BCUT2D eigenvalue weighted by atomic mass is 9.84. The molecule has 1 N–H and O–H groups in total. The van der Waals surface area contributed by atoms with Crippen LogP contribution in [0.4, 0.5) is 13.2 Å². The Balaban J connectivity index is 2.18. The van der Waals surface area contributed by atoms with E-state index in [4.69, 9.17) is 0 Å². The highest BCUT2D eigenvalue weighted by Gasteiger charge is 2.62. The van der Waals surface area contributed by atoms with Gasteiger partial charge in [0.25, 0.3) is 0 Å². The van der Waals surface area contributed by atoms with Gasteiger partial charge in [0, 0.05) is 18.5 Å². The summed E-state index contributed by atoms with van der Waals surface area (Å²) in [5.41, 5.74) is -1.27. The van der Waals surface area contributed by atoms with Gasteiger partial charge in [0.05, 0.1) is 6.54 Å². The second-order valence-corrected chi connectivity index (χ2v) is 6.20. The molecule has 2 heterocycles. The van der Waals surface area contributed by atoms with Crippen LogP contribution >= 0.6 is 11.3 Å². The summed E-state index contributed by atoms with van der Waals surface area (Å²) in [4.78, 5) is 14.4. The molecule has 3 nitrogen and oxygen atoms in total. The lowest BCUT2D eigenvalue weighted by Gasteiger charge is -2.33. The number of carbonyl (C=O) groups excluding carboxylic acids is 1. The number of rotatable bonds is 3. The molecule has 7 heteroatoms. The first-order valence-electron chi connectivity index (χ1n) is 6.34. The van der Waals surface area contributed by atoms with E-state index in [1.807, 2.05) is 18.4 Å². The number of nitrogens with one attached hydrogen (secondary N) is 1. The van der Waals surface area contributed by atoms with Crippen molar-refractivity contribution < 1.29 is 18.0 Å². The van der Waals surface area contributed by atoms with E-state index in [9.17, 15) is 18.0 Å². The lowest BCUT2D eigenvalue weighted by Crippen LogP contribution is -2.52. The minimum absolute atomic E-state index is 0.191. The van der Waals surface area contributed by atoms with Crippen LogP contribution in [0.1, 0.15) is 16.9 Å². The molecule has 1 aliphatic heterocycles. The van der Waals surface area contributed by atoms with E-state index in [1.165, 1.54) is 23.3 Å². The predicted molar refractivity (Wildman–Crippen MR) is 71.5 cm³/mol. The largest absolute Gasteiger partial charge is 0.404 e. The van der Waals surface area contributed by atoms with E-state index >= 15 is 0 Å². The third kappa shape index (κ3) is 2.56. The molecule has 1 aliphatic rings. The van der Waals surface area contributed by atoms with Crippen molar-refractivity contribution in [2.75, 3.05) is 20.1 Å². The molecule has 0 spiro atoms. The summed E-state index contributed by atoms with van der Waals surface area (Å²) in [7, 11) is 1.44. The first-order valence-corrected chi connectivity index (χ1v) is 7.22. The zero-order valence-corrected chi connectivity index (χ0v) is 12.2. The number of thiophene rings is 1. The molecule has 1 saturated heterocycles. The van der Waals surface area contributed by atoms with E-state index in [0.29, 0.717) is 0 Å². The number of aryl methyl sites for hydroxylation is 1. The molecule has 0 saturated carbocycles. The monoisotopic (exact) mass is 306 g/mol. The molecule has 1 aromatic heterocycles. The van der Waals surface area contributed by atoms with Gasteiger partial charge in [-0.05, 0) is 36.9 Å². The fourth-order valence-electron chi connectivity index (χ4n) is 2.46. The van der Waals surface area contributed by atoms with Crippen LogP contribution in [0.15, 0.2) is 11.4 Å². The molecule has 1 unspecified atom stereocenters. The predicted octanol–water partition coefficient (Wildman–Crippen LogP) is 2.56. The van der Waals surface area contributed by atoms with Gasteiger partial charge >= 0.3 is 6.18 Å². The topological polar surface area (TPSA) is 32.3 Å². The molecule has 0 aromatic carbocycles. The highest BCUT2D eigenvalue weighted by Crippen LogP contribution is 2.44. The molecular formula is C13H17F3N2OS. The van der Waals surface area contributed by atoms with Gasteiger partial charge in [0.1, 0.15) is 0 Å². The third-order valence-electron chi connectivity index (χ3n) is 3.80. The van der Waals surface area contributed by atoms with Crippen molar-refractivity contribution in [3.8, 4) is 0 Å². The fourth-order valence-corrected chi connectivity index (χ4v) is 3.41. The average Bonchev–Trinajstić information content (AvgIpc) is 2.98. The molecule has 1 aromatic rings. The zero-order valence-electron chi connectivity index (χ0n) is 11.4. The molecule has 1 atom stereocenters. The van der Waals surface area contributed by atoms with Crippen LogP contribution in [-0.2, 0) is 11.3 Å². The summed E-state index contributed by atoms with van der Waals surface area (Å²) in [6.07, 6.45) is -4.71. The van der Waals surface area contributed by atoms with Crippen molar-refractivity contribution >= 4 is 17.2 Å². The van der Waals surface area contributed by atoms with E-state index in [2.05, 4.69) is 5.32 Å². The lowest BCUT2D eigenvalue weighted by molar-refractivity contribution is -0.221. The Hall–Kier alpha value is -1.08. The minimum atomic E-state index is -4.52. The minimum Gasteiger partial charge on any atom is -0.340 e. The molecular weight excluding hydrogens is 289 g/mol. The SMILES string of the molecule is Cc1ccsc1CN(C)C(=O)C1(C(F)(F)F)CCNC1. The van der Waals surface area contributed by atoms with Gasteiger partial charge in [0.15, 0.2) is 5.41 Å². The number of nitrogens with zero attached hydrogens (tertiary/aromatic N) is 1. The van der Waals surface area contributed by atoms with Crippen LogP contribution in [-0.4, -0.2) is 37.1 Å². The molecule has 112 valence electrons. The van der Waals surface area contributed by atoms with Gasteiger partial charge in [0.2, 0.25) is 5.91 Å². The Kier molecular flexibility index (Phi) is 4.11. The summed E-state index contributed by atoms with van der Waals surface area (Å²) >= 11 is 1.45. The highest BCUT2D eigenvalue weighted by atomic mass is 32.1. The van der Waals surface area contributed by atoms with E-state index in [-0.39, 0.29) is 26.1 Å². The van der Waals surface area contributed by atoms with Crippen LogP contribution in [0.5, 0.6) is 0 Å². The van der Waals surface area contributed by atoms with Crippen molar-refractivity contribution in [2.24, 2.45) is 5.41 Å². The quantitative estimate of drug-likeness (QED) is 0.931. The van der Waals surface area contributed by atoms with Crippen LogP contribution in [0.3, 0.4) is 0 Å². The first-order chi connectivity index (χ1) is 9.28. The Bertz CT molecular complexity index is 492. The molecule has 2 rings (SSSR count). The second kappa shape index (κ2) is 5.37. The van der Waals surface area contributed by atoms with Crippen molar-refractivity contribution in [3.05, 3.63) is 21.9 Å². The maximum absolute atomic E-state index is 13.3. The van der Waals surface area contributed by atoms with Crippen molar-refractivity contribution in [1.29, 1.82) is 0 Å². The Morgan fingerprint density at radius 1 is 1.55 bits per heavy atom. The molecule has 0 bridgehead atoms. The smallest absolute Gasteiger partial charge is 0.340 e. The summed E-state index contributed by atoms with van der Waals surface area (Å²) in [6.45, 7) is 2.00. The Morgan fingerprint density at radius 3 is 2.70 bits per heavy atom. The van der Waals surface area contributed by atoms with Gasteiger partial charge < -0.3 is 10.2 Å². The number of amides is 1. The summed E-state index contributed by atoms with van der Waals surface area (Å²) in [5.74, 6) is -0.845. The van der Waals surface area contributed by atoms with Crippen molar-refractivity contribution in [2.45, 2.75) is 26.1 Å². The molecule has 1 amide bonds. The maximum Gasteiger partial charge on any atom is 0.404 e. The van der Waals surface area contributed by atoms with Gasteiger partial charge in [-0.2, -0.15) is 13.2 Å². The first kappa shape index (κ1) is 15.3. The normalized spacial score (nSPS) is 23.1. The Labute approximate surface area is 119 Å². The van der Waals surface area contributed by atoms with Crippen LogP contribution in [0, 0.1) is 12.3 Å². The third-order valence-corrected chi connectivity index (χ3v) is 4.81. The second-order valence-electron chi connectivity index (χ2n) is 5.19. The van der Waals surface area contributed by atoms with Crippen LogP contribution < -0.4 is 5.32 Å². The van der Waals surface area contributed by atoms with E-state index < -0.39 is 17.5 Å². The van der Waals surface area contributed by atoms with Gasteiger partial charge in [-0.3, -0.25) is 4.79 Å². The van der Waals surface area contributed by atoms with E-state index in [1.54, 1.807) is 0 Å². The summed E-state index contributed by atoms with van der Waals surface area (Å²) in [6, 6.07) is 1.90. The summed E-state index contributed by atoms with van der Waals surface area (Å²) < 4.78 is 39.9. The zero-order chi connectivity index (χ0) is 15.0. The standard InChI is InChI=1S/C13H17F3N2OS/c1-9-3-6-20-10(9)7-18(2)11(19)12(13(14,15)16)4-5-17-8-12/h3,6,17H,4-5,7-8H2,1-2H3. The maximum atomic E-state index is 13.3. The number of carbonyl (C=O) groups is 1. The number of halogens is 3. The number of alkyl halides is 3. The van der Waals surface area contributed by atoms with Crippen LogP contribution in [0.25, 0.3) is 0 Å². The summed E-state index contributed by atoms with van der Waals surface area (Å²) in [5, 5.41) is 4.54. The molecule has 0 aliphatic carbocycles. The van der Waals surface area contributed by atoms with Gasteiger partial charge in [-0.25, -0.2) is 0 Å². The van der Waals surface area contributed by atoms with Crippen molar-refractivity contribution in [3.63, 3.8) is 0 Å². The van der Waals surface area contributed by atoms with E-state index in [0.717, 1.165) is 10.4 Å². The molecule has 0 radical (unpaired) electrons. The number of hydrogen-bond donors (Lipinski definition) is 1. The average molecular weight is 306 g/mol. The van der Waals surface area contributed by atoms with Gasteiger partial charge in [-0.1, -0.05) is 0 Å². The number of hydrogen-bond acceptors (Lipinski definition) is 3. The molecule has 1 fully saturated rings. The fraction of sp³-hybridized carbons (Fsp3) is 0.615. The highest BCUT2D eigenvalue weighted by molar-refractivity contribution is 7.10. The van der Waals surface area contributed by atoms with Gasteiger partial charge in [-0.15, -0.1) is 11.3 Å². The van der Waals surface area contributed by atoms with Crippen LogP contribution in [0.2, 0.25) is 0 Å². The molecule has 20 heavy (non-hydrogen) atoms.